The molecule has 0 atom stereocenters. The fourth-order valence-electron chi connectivity index (χ4n) is 1.56. The molecule has 1 aliphatic rings. The Kier molecular flexibility index (Phi) is 3.36. The Morgan fingerprint density at radius 2 is 2.27 bits per heavy atom. The second kappa shape index (κ2) is 4.75. The smallest absolute Gasteiger partial charge is 0.105 e. The van der Waals surface area contributed by atoms with Crippen molar-refractivity contribution in [2.24, 2.45) is 5.73 Å². The van der Waals surface area contributed by atoms with Crippen LogP contribution in [0.25, 0.3) is 0 Å². The second-order valence-electron chi connectivity index (χ2n) is 3.94. The first-order valence-corrected chi connectivity index (χ1v) is 5.27. The normalized spacial score (nSPS) is 16.4. The van der Waals surface area contributed by atoms with E-state index in [1.54, 1.807) is 0 Å². The third-order valence-corrected chi connectivity index (χ3v) is 2.72. The minimum atomic E-state index is 0.290. The van der Waals surface area contributed by atoms with E-state index < -0.39 is 0 Å². The maximum absolute atomic E-state index is 5.66. The summed E-state index contributed by atoms with van der Waals surface area (Å²) in [5.41, 5.74) is 9.23. The van der Waals surface area contributed by atoms with Crippen LogP contribution in [0.15, 0.2) is 18.2 Å². The fourth-order valence-corrected chi connectivity index (χ4v) is 1.56. The molecular formula is C12H17NO2. The summed E-state index contributed by atoms with van der Waals surface area (Å²) in [5, 5.41) is 0. The van der Waals surface area contributed by atoms with Gasteiger partial charge in [-0.05, 0) is 23.6 Å². The van der Waals surface area contributed by atoms with Crippen LogP contribution in [0.1, 0.15) is 16.7 Å². The minimum Gasteiger partial charge on any atom is -0.376 e. The molecule has 0 aliphatic carbocycles. The fraction of sp³-hybridized carbons (Fsp3) is 0.500. The number of aryl methyl sites for hydroxylation is 1. The molecule has 2 rings (SSSR count). The molecule has 3 heteroatoms. The summed E-state index contributed by atoms with van der Waals surface area (Å²) in [6.07, 6.45) is 0.290. The third kappa shape index (κ3) is 2.56. The number of rotatable bonds is 4. The molecule has 0 radical (unpaired) electrons. The van der Waals surface area contributed by atoms with Gasteiger partial charge in [-0.2, -0.15) is 0 Å². The van der Waals surface area contributed by atoms with Gasteiger partial charge in [-0.3, -0.25) is 0 Å². The summed E-state index contributed by atoms with van der Waals surface area (Å²) in [5.74, 6) is 0. The van der Waals surface area contributed by atoms with Gasteiger partial charge in [0.15, 0.2) is 0 Å². The zero-order valence-corrected chi connectivity index (χ0v) is 9.03. The Hall–Kier alpha value is -0.900. The van der Waals surface area contributed by atoms with Crippen LogP contribution in [-0.4, -0.2) is 19.3 Å². The van der Waals surface area contributed by atoms with Crippen LogP contribution in [0.2, 0.25) is 0 Å². The molecule has 82 valence electrons. The van der Waals surface area contributed by atoms with Gasteiger partial charge in [-0.25, -0.2) is 0 Å². The van der Waals surface area contributed by atoms with Crippen molar-refractivity contribution in [3.63, 3.8) is 0 Å². The molecule has 2 N–H and O–H groups in total. The highest BCUT2D eigenvalue weighted by Gasteiger charge is 2.18. The van der Waals surface area contributed by atoms with E-state index in [-0.39, 0.29) is 0 Å². The molecule has 0 aromatic heterocycles. The summed E-state index contributed by atoms with van der Waals surface area (Å²) >= 11 is 0. The molecule has 1 aromatic carbocycles. The van der Waals surface area contributed by atoms with E-state index in [1.807, 2.05) is 0 Å². The number of hydrogen-bond acceptors (Lipinski definition) is 3. The molecule has 1 aromatic rings. The first-order chi connectivity index (χ1) is 7.29. The van der Waals surface area contributed by atoms with Gasteiger partial charge in [0.1, 0.15) is 6.10 Å². The molecule has 3 nitrogen and oxygen atoms in total. The Balaban J connectivity index is 1.95. The number of hydrogen-bond donors (Lipinski definition) is 1. The van der Waals surface area contributed by atoms with Crippen molar-refractivity contribution in [2.75, 3.05) is 13.2 Å². The average Bonchev–Trinajstić information content (AvgIpc) is 2.18. The minimum absolute atomic E-state index is 0.290. The van der Waals surface area contributed by atoms with Crippen LogP contribution in [0, 0.1) is 6.92 Å². The first kappa shape index (κ1) is 10.6. The maximum Gasteiger partial charge on any atom is 0.105 e. The van der Waals surface area contributed by atoms with Crippen LogP contribution < -0.4 is 5.73 Å². The lowest BCUT2D eigenvalue weighted by Crippen LogP contribution is -2.35. The third-order valence-electron chi connectivity index (χ3n) is 2.72. The van der Waals surface area contributed by atoms with Crippen LogP contribution in [0.4, 0.5) is 0 Å². The SMILES string of the molecule is Cc1cc(CN)ccc1COC1COC1. The first-order valence-electron chi connectivity index (χ1n) is 5.27. The second-order valence-corrected chi connectivity index (χ2v) is 3.94. The highest BCUT2D eigenvalue weighted by Crippen LogP contribution is 2.14. The Labute approximate surface area is 90.2 Å². The molecule has 0 bridgehead atoms. The Morgan fingerprint density at radius 3 is 2.80 bits per heavy atom. The molecule has 0 unspecified atom stereocenters. The Bertz CT molecular complexity index is 334. The van der Waals surface area contributed by atoms with Crippen molar-refractivity contribution in [2.45, 2.75) is 26.2 Å². The predicted molar refractivity (Wildman–Crippen MR) is 58.5 cm³/mol. The van der Waals surface area contributed by atoms with Crippen LogP contribution in [0.5, 0.6) is 0 Å². The molecule has 15 heavy (non-hydrogen) atoms. The van der Waals surface area contributed by atoms with Crippen molar-refractivity contribution in [3.05, 3.63) is 34.9 Å². The van der Waals surface area contributed by atoms with Crippen LogP contribution in [0.3, 0.4) is 0 Å². The Morgan fingerprint density at radius 1 is 1.47 bits per heavy atom. The van der Waals surface area contributed by atoms with Crippen LogP contribution >= 0.6 is 0 Å². The number of benzene rings is 1. The molecule has 0 amide bonds. The van der Waals surface area contributed by atoms with Gasteiger partial charge in [-0.1, -0.05) is 18.2 Å². The largest absolute Gasteiger partial charge is 0.376 e. The summed E-state index contributed by atoms with van der Waals surface area (Å²) in [4.78, 5) is 0. The zero-order valence-electron chi connectivity index (χ0n) is 9.03. The molecule has 1 heterocycles. The lowest BCUT2D eigenvalue weighted by atomic mass is 10.1. The predicted octanol–water partition coefficient (Wildman–Crippen LogP) is 1.37. The standard InChI is InChI=1S/C12H17NO2/c1-9-4-10(5-13)2-3-11(9)6-15-12-7-14-8-12/h2-4,12H,5-8,13H2,1H3. The van der Waals surface area contributed by atoms with Crippen molar-refractivity contribution < 1.29 is 9.47 Å². The lowest BCUT2D eigenvalue weighted by molar-refractivity contribution is -0.135. The van der Waals surface area contributed by atoms with Gasteiger partial charge in [-0.15, -0.1) is 0 Å². The van der Waals surface area contributed by atoms with Gasteiger partial charge in [0.25, 0.3) is 0 Å². The summed E-state index contributed by atoms with van der Waals surface area (Å²) in [7, 11) is 0. The average molecular weight is 207 g/mol. The van der Waals surface area contributed by atoms with E-state index in [9.17, 15) is 0 Å². The van der Waals surface area contributed by atoms with E-state index >= 15 is 0 Å². The van der Waals surface area contributed by atoms with E-state index in [4.69, 9.17) is 15.2 Å². The van der Waals surface area contributed by atoms with E-state index in [0.717, 1.165) is 13.2 Å². The van der Waals surface area contributed by atoms with Gasteiger partial charge >= 0.3 is 0 Å². The van der Waals surface area contributed by atoms with Crippen molar-refractivity contribution in [1.82, 2.24) is 0 Å². The number of nitrogens with two attached hydrogens (primary N) is 1. The summed E-state index contributed by atoms with van der Waals surface area (Å²) in [6, 6.07) is 6.27. The van der Waals surface area contributed by atoms with Crippen molar-refractivity contribution in [3.8, 4) is 0 Å². The zero-order chi connectivity index (χ0) is 10.7. The molecular weight excluding hydrogens is 190 g/mol. The van der Waals surface area contributed by atoms with Crippen LogP contribution in [-0.2, 0) is 22.6 Å². The van der Waals surface area contributed by atoms with Crippen molar-refractivity contribution in [1.29, 1.82) is 0 Å². The van der Waals surface area contributed by atoms with Gasteiger partial charge in [0, 0.05) is 6.54 Å². The molecule has 0 spiro atoms. The topological polar surface area (TPSA) is 44.5 Å². The van der Waals surface area contributed by atoms with Gasteiger partial charge in [0.05, 0.1) is 19.8 Å². The van der Waals surface area contributed by atoms with Crippen molar-refractivity contribution >= 4 is 0 Å². The summed E-state index contributed by atoms with van der Waals surface area (Å²) in [6.45, 7) is 4.83. The number of ether oxygens (including phenoxy) is 2. The lowest BCUT2D eigenvalue weighted by Gasteiger charge is -2.26. The summed E-state index contributed by atoms with van der Waals surface area (Å²) < 4.78 is 10.7. The van der Waals surface area contributed by atoms with E-state index in [1.165, 1.54) is 16.7 Å². The monoisotopic (exact) mass is 207 g/mol. The quantitative estimate of drug-likeness (QED) is 0.811. The molecule has 1 aliphatic heterocycles. The highest BCUT2D eigenvalue weighted by atomic mass is 16.6. The molecule has 1 saturated heterocycles. The molecule has 1 fully saturated rings. The van der Waals surface area contributed by atoms with E-state index in [0.29, 0.717) is 19.3 Å². The maximum atomic E-state index is 5.66. The van der Waals surface area contributed by atoms with E-state index in [2.05, 4.69) is 25.1 Å². The van der Waals surface area contributed by atoms with Gasteiger partial charge in [0.2, 0.25) is 0 Å². The highest BCUT2D eigenvalue weighted by molar-refractivity contribution is 5.30. The van der Waals surface area contributed by atoms with Gasteiger partial charge < -0.3 is 15.2 Å². The molecule has 0 saturated carbocycles.